The monoisotopic (exact) mass is 241 g/mol. The summed E-state index contributed by atoms with van der Waals surface area (Å²) in [4.78, 5) is 0. The maximum Gasteiger partial charge on any atom is 0.369 e. The first kappa shape index (κ1) is 12.3. The standard InChI is InChI=1S/C10H19NO2Si2/c1-14(13-15(2,3)4)12-10-7-5-9(11)6-8-10/h5-8,14H,11H2,1-4H3. The van der Waals surface area contributed by atoms with E-state index in [0.29, 0.717) is 0 Å². The Morgan fingerprint density at radius 1 is 1.13 bits per heavy atom. The van der Waals surface area contributed by atoms with Crippen LogP contribution in [0.2, 0.25) is 26.2 Å². The number of anilines is 1. The molecule has 0 saturated heterocycles. The molecule has 0 aromatic heterocycles. The molecule has 0 bridgehead atoms. The van der Waals surface area contributed by atoms with Crippen LogP contribution in [-0.4, -0.2) is 17.6 Å². The minimum absolute atomic E-state index is 0.753. The molecule has 0 aliphatic rings. The summed E-state index contributed by atoms with van der Waals surface area (Å²) in [5.41, 5.74) is 6.34. The van der Waals surface area contributed by atoms with Crippen molar-refractivity contribution in [3.63, 3.8) is 0 Å². The maximum absolute atomic E-state index is 5.90. The highest BCUT2D eigenvalue weighted by Gasteiger charge is 2.20. The SMILES string of the molecule is C[SiH](Oc1ccc(N)cc1)O[Si](C)(C)C. The van der Waals surface area contributed by atoms with Crippen LogP contribution < -0.4 is 10.2 Å². The summed E-state index contributed by atoms with van der Waals surface area (Å²) in [5.74, 6) is 0.849. The molecule has 84 valence electrons. The molecular formula is C10H19NO2Si2. The van der Waals surface area contributed by atoms with Crippen LogP contribution in [0.15, 0.2) is 24.3 Å². The summed E-state index contributed by atoms with van der Waals surface area (Å²) in [7, 11) is -3.02. The van der Waals surface area contributed by atoms with Crippen LogP contribution in [0.5, 0.6) is 5.75 Å². The lowest BCUT2D eigenvalue weighted by atomic mass is 10.3. The minimum Gasteiger partial charge on any atom is -0.523 e. The Hall–Kier alpha value is -0.786. The van der Waals surface area contributed by atoms with Crippen LogP contribution in [0.4, 0.5) is 5.69 Å². The summed E-state index contributed by atoms with van der Waals surface area (Å²) in [6.07, 6.45) is 0. The molecule has 2 N–H and O–H groups in total. The molecule has 1 atom stereocenters. The average Bonchev–Trinajstić information content (AvgIpc) is 2.05. The summed E-state index contributed by atoms with van der Waals surface area (Å²) >= 11 is 0. The second kappa shape index (κ2) is 4.82. The lowest BCUT2D eigenvalue weighted by Gasteiger charge is -2.23. The highest BCUT2D eigenvalue weighted by molar-refractivity contribution is 6.75. The van der Waals surface area contributed by atoms with Crippen molar-refractivity contribution in [1.29, 1.82) is 0 Å². The second-order valence-electron chi connectivity index (χ2n) is 4.48. The van der Waals surface area contributed by atoms with Crippen LogP contribution in [0.3, 0.4) is 0 Å². The highest BCUT2D eigenvalue weighted by atomic mass is 28.4. The molecule has 1 unspecified atom stereocenters. The van der Waals surface area contributed by atoms with Crippen molar-refractivity contribution < 1.29 is 8.54 Å². The molecule has 1 rings (SSSR count). The summed E-state index contributed by atoms with van der Waals surface area (Å²) in [6.45, 7) is 8.56. The van der Waals surface area contributed by atoms with E-state index in [1.54, 1.807) is 0 Å². The summed E-state index contributed by atoms with van der Waals surface area (Å²) in [6, 6.07) is 7.44. The Morgan fingerprint density at radius 2 is 1.67 bits per heavy atom. The van der Waals surface area contributed by atoms with Crippen molar-refractivity contribution in [1.82, 2.24) is 0 Å². The van der Waals surface area contributed by atoms with Gasteiger partial charge < -0.3 is 14.3 Å². The van der Waals surface area contributed by atoms with Crippen LogP contribution >= 0.6 is 0 Å². The van der Waals surface area contributed by atoms with Gasteiger partial charge in [-0.25, -0.2) is 0 Å². The second-order valence-corrected chi connectivity index (χ2v) is 11.0. The van der Waals surface area contributed by atoms with Gasteiger partial charge in [-0.2, -0.15) is 0 Å². The van der Waals surface area contributed by atoms with E-state index in [1.807, 2.05) is 24.3 Å². The van der Waals surface area contributed by atoms with Gasteiger partial charge in [-0.15, -0.1) is 0 Å². The number of nitrogen functional groups attached to an aromatic ring is 1. The van der Waals surface area contributed by atoms with E-state index in [1.165, 1.54) is 0 Å². The Kier molecular flexibility index (Phi) is 3.95. The van der Waals surface area contributed by atoms with Gasteiger partial charge >= 0.3 is 9.28 Å². The van der Waals surface area contributed by atoms with Gasteiger partial charge in [0.1, 0.15) is 5.75 Å². The van der Waals surface area contributed by atoms with E-state index in [9.17, 15) is 0 Å². The van der Waals surface area contributed by atoms with Crippen LogP contribution in [0.1, 0.15) is 0 Å². The predicted octanol–water partition coefficient (Wildman–Crippen LogP) is 2.35. The number of hydrogen-bond donors (Lipinski definition) is 1. The third-order valence-corrected chi connectivity index (χ3v) is 6.46. The summed E-state index contributed by atoms with van der Waals surface area (Å²) in [5, 5.41) is 0. The van der Waals surface area contributed by atoms with Gasteiger partial charge in [0.2, 0.25) is 0 Å². The zero-order valence-corrected chi connectivity index (χ0v) is 11.9. The minimum atomic E-state index is -1.55. The van der Waals surface area contributed by atoms with Gasteiger partial charge in [0.05, 0.1) is 0 Å². The molecule has 3 nitrogen and oxygen atoms in total. The van der Waals surface area contributed by atoms with E-state index < -0.39 is 17.6 Å². The van der Waals surface area contributed by atoms with Crippen molar-refractivity contribution in [2.75, 3.05) is 5.73 Å². The molecule has 0 aliphatic heterocycles. The normalized spacial score (nSPS) is 13.6. The maximum atomic E-state index is 5.90. The highest BCUT2D eigenvalue weighted by Crippen LogP contribution is 2.15. The van der Waals surface area contributed by atoms with Crippen molar-refractivity contribution in [3.8, 4) is 5.75 Å². The van der Waals surface area contributed by atoms with Crippen molar-refractivity contribution >= 4 is 23.3 Å². The van der Waals surface area contributed by atoms with E-state index in [2.05, 4.69) is 26.2 Å². The molecule has 1 aromatic rings. The molecular weight excluding hydrogens is 222 g/mol. The Bertz CT molecular complexity index is 308. The number of hydrogen-bond acceptors (Lipinski definition) is 3. The fraction of sp³-hybridized carbons (Fsp3) is 0.400. The molecule has 1 aromatic carbocycles. The topological polar surface area (TPSA) is 44.5 Å². The first-order chi connectivity index (χ1) is 6.87. The lowest BCUT2D eigenvalue weighted by Crippen LogP contribution is -2.36. The fourth-order valence-corrected chi connectivity index (χ4v) is 5.98. The molecule has 0 fully saturated rings. The van der Waals surface area contributed by atoms with Gasteiger partial charge in [0.15, 0.2) is 8.32 Å². The number of nitrogens with two attached hydrogens (primary N) is 1. The Labute approximate surface area is 94.2 Å². The van der Waals surface area contributed by atoms with E-state index in [-0.39, 0.29) is 0 Å². The number of rotatable bonds is 4. The molecule has 0 aliphatic carbocycles. The predicted molar refractivity (Wildman–Crippen MR) is 68.9 cm³/mol. The van der Waals surface area contributed by atoms with Gasteiger partial charge in [0, 0.05) is 5.69 Å². The molecule has 0 saturated carbocycles. The quantitative estimate of drug-likeness (QED) is 0.650. The smallest absolute Gasteiger partial charge is 0.369 e. The van der Waals surface area contributed by atoms with E-state index >= 15 is 0 Å². The molecule has 5 heteroatoms. The molecule has 0 amide bonds. The molecule has 0 spiro atoms. The Balaban J connectivity index is 2.51. The molecule has 15 heavy (non-hydrogen) atoms. The third-order valence-electron chi connectivity index (χ3n) is 1.70. The average molecular weight is 241 g/mol. The van der Waals surface area contributed by atoms with Crippen LogP contribution in [0.25, 0.3) is 0 Å². The lowest BCUT2D eigenvalue weighted by molar-refractivity contribution is 0.429. The first-order valence-corrected chi connectivity index (χ1v) is 10.6. The fourth-order valence-electron chi connectivity index (χ4n) is 1.26. The van der Waals surface area contributed by atoms with E-state index in [4.69, 9.17) is 14.3 Å². The van der Waals surface area contributed by atoms with Crippen LogP contribution in [-0.2, 0) is 4.12 Å². The largest absolute Gasteiger partial charge is 0.523 e. The molecule has 0 heterocycles. The third kappa shape index (κ3) is 5.01. The number of benzene rings is 1. The van der Waals surface area contributed by atoms with Gasteiger partial charge in [-0.3, -0.25) is 0 Å². The van der Waals surface area contributed by atoms with E-state index in [0.717, 1.165) is 11.4 Å². The van der Waals surface area contributed by atoms with Gasteiger partial charge in [0.25, 0.3) is 0 Å². The van der Waals surface area contributed by atoms with Gasteiger partial charge in [-0.1, -0.05) is 0 Å². The zero-order chi connectivity index (χ0) is 11.5. The first-order valence-electron chi connectivity index (χ1n) is 5.07. The zero-order valence-electron chi connectivity index (χ0n) is 9.78. The van der Waals surface area contributed by atoms with Gasteiger partial charge in [-0.05, 0) is 50.5 Å². The van der Waals surface area contributed by atoms with Crippen LogP contribution in [0, 0.1) is 0 Å². The molecule has 0 radical (unpaired) electrons. The summed E-state index contributed by atoms with van der Waals surface area (Å²) < 4.78 is 11.6. The van der Waals surface area contributed by atoms with Crippen molar-refractivity contribution in [3.05, 3.63) is 24.3 Å². The van der Waals surface area contributed by atoms with Crippen molar-refractivity contribution in [2.24, 2.45) is 0 Å². The van der Waals surface area contributed by atoms with Crippen molar-refractivity contribution in [2.45, 2.75) is 26.2 Å². The Morgan fingerprint density at radius 3 is 2.13 bits per heavy atom.